The van der Waals surface area contributed by atoms with E-state index in [0.29, 0.717) is 5.41 Å². The minimum atomic E-state index is 0. The molecule has 0 saturated heterocycles. The van der Waals surface area contributed by atoms with E-state index >= 15 is 0 Å². The van der Waals surface area contributed by atoms with Crippen molar-refractivity contribution in [2.24, 2.45) is 10.8 Å². The minimum Gasteiger partial charge on any atom is -0.0716 e. The molecule has 99 valence electrons. The molecule has 0 fully saturated rings. The molecule has 0 spiro atoms. The second-order valence-electron chi connectivity index (χ2n) is 7.72. The molecule has 2 aliphatic carbocycles. The fourth-order valence-electron chi connectivity index (χ4n) is 3.42. The molecule has 0 heterocycles. The summed E-state index contributed by atoms with van der Waals surface area (Å²) in [7, 11) is 0. The van der Waals surface area contributed by atoms with Gasteiger partial charge in [-0.25, -0.2) is 0 Å². The summed E-state index contributed by atoms with van der Waals surface area (Å²) in [6.07, 6.45) is 7.06. The number of hydrogen-bond acceptors (Lipinski definition) is 0. The van der Waals surface area contributed by atoms with Gasteiger partial charge in [0.2, 0.25) is 0 Å². The average Bonchev–Trinajstić information content (AvgIpc) is 2.70. The quantitative estimate of drug-likeness (QED) is 0.532. The van der Waals surface area contributed by atoms with E-state index in [9.17, 15) is 0 Å². The molecule has 0 aliphatic heterocycles. The molecule has 1 heteroatoms. The summed E-state index contributed by atoms with van der Waals surface area (Å²) in [6.45, 7) is 11.7. The van der Waals surface area contributed by atoms with E-state index < -0.39 is 0 Å². The summed E-state index contributed by atoms with van der Waals surface area (Å²) in [4.78, 5) is 0. The zero-order valence-electron chi connectivity index (χ0n) is 12.7. The van der Waals surface area contributed by atoms with Crippen molar-refractivity contribution in [1.29, 1.82) is 0 Å². The van der Waals surface area contributed by atoms with Gasteiger partial charge in [-0.15, -0.1) is 0 Å². The van der Waals surface area contributed by atoms with Crippen LogP contribution in [0.5, 0.6) is 0 Å². The van der Waals surface area contributed by atoms with Crippen LogP contribution in [-0.2, 0) is 38.7 Å². The molecular weight excluding hydrogens is 395 g/mol. The van der Waals surface area contributed by atoms with Crippen LogP contribution in [0.1, 0.15) is 56.9 Å². The molecule has 2 aliphatic rings. The van der Waals surface area contributed by atoms with Crippen LogP contribution < -0.4 is 0 Å². The maximum atomic E-state index is 2.46. The van der Waals surface area contributed by atoms with E-state index in [2.05, 4.69) is 58.9 Å². The Kier molecular flexibility index (Phi) is 3.75. The van der Waals surface area contributed by atoms with Gasteiger partial charge in [-0.3, -0.25) is 0 Å². The summed E-state index contributed by atoms with van der Waals surface area (Å²) < 4.78 is 0. The minimum absolute atomic E-state index is 0. The number of benzene rings is 1. The van der Waals surface area contributed by atoms with Crippen molar-refractivity contribution in [1.82, 2.24) is 0 Å². The van der Waals surface area contributed by atoms with Gasteiger partial charge in [-0.05, 0) is 45.9 Å². The maximum Gasteiger partial charge on any atom is 0.0326 e. The molecule has 1 radical (unpaired) electrons. The van der Waals surface area contributed by atoms with Gasteiger partial charge in [0.25, 0.3) is 0 Å². The van der Waals surface area contributed by atoms with E-state index in [4.69, 9.17) is 0 Å². The Morgan fingerprint density at radius 1 is 0.947 bits per heavy atom. The van der Waals surface area contributed by atoms with Gasteiger partial charge >= 0.3 is 0 Å². The number of hydrogen-bond donors (Lipinski definition) is 0. The standard InChI is InChI=1S/C18H23.Hf/c1-17(2,3)16-7-6-12-8-13-10-18(4,5)11-14(13)9-15(12)16;/h6-9H,10-11H2,1-5H3;. The fourth-order valence-corrected chi connectivity index (χ4v) is 3.42. The van der Waals surface area contributed by atoms with Crippen LogP contribution in [0, 0.1) is 16.7 Å². The van der Waals surface area contributed by atoms with Crippen LogP contribution in [0.4, 0.5) is 0 Å². The van der Waals surface area contributed by atoms with Crippen LogP contribution in [0.25, 0.3) is 6.08 Å². The van der Waals surface area contributed by atoms with Crippen LogP contribution in [0.3, 0.4) is 0 Å². The Hall–Kier alpha value is -0.170. The van der Waals surface area contributed by atoms with Crippen LogP contribution in [0.15, 0.2) is 18.2 Å². The summed E-state index contributed by atoms with van der Waals surface area (Å²) in [5, 5.41) is 0. The van der Waals surface area contributed by atoms with Crippen LogP contribution in [-0.4, -0.2) is 0 Å². The Balaban J connectivity index is 0.00000133. The molecule has 1 aromatic rings. The maximum absolute atomic E-state index is 2.46. The Morgan fingerprint density at radius 2 is 1.53 bits per heavy atom. The van der Waals surface area contributed by atoms with E-state index in [-0.39, 0.29) is 31.3 Å². The van der Waals surface area contributed by atoms with Crippen LogP contribution in [0.2, 0.25) is 0 Å². The molecule has 0 aromatic heterocycles. The molecule has 0 amide bonds. The van der Waals surface area contributed by atoms with E-state index in [0.717, 1.165) is 0 Å². The van der Waals surface area contributed by atoms with Crippen molar-refractivity contribution in [3.8, 4) is 0 Å². The van der Waals surface area contributed by atoms with Gasteiger partial charge in [0, 0.05) is 31.8 Å². The van der Waals surface area contributed by atoms with Crippen molar-refractivity contribution in [3.63, 3.8) is 0 Å². The molecule has 1 aromatic carbocycles. The van der Waals surface area contributed by atoms with Gasteiger partial charge in [0.1, 0.15) is 0 Å². The first kappa shape index (κ1) is 15.2. The van der Waals surface area contributed by atoms with Crippen molar-refractivity contribution < 1.29 is 25.8 Å². The Labute approximate surface area is 136 Å². The predicted molar refractivity (Wildman–Crippen MR) is 78.5 cm³/mol. The third-order valence-corrected chi connectivity index (χ3v) is 4.24. The van der Waals surface area contributed by atoms with Crippen molar-refractivity contribution in [2.75, 3.05) is 0 Å². The van der Waals surface area contributed by atoms with Crippen molar-refractivity contribution in [3.05, 3.63) is 46.4 Å². The fraction of sp³-hybridized carbons (Fsp3) is 0.500. The first-order chi connectivity index (χ1) is 8.26. The van der Waals surface area contributed by atoms with E-state index in [1.807, 2.05) is 0 Å². The average molecular weight is 418 g/mol. The molecule has 0 atom stereocenters. The summed E-state index contributed by atoms with van der Waals surface area (Å²) in [5.74, 6) is 1.49. The molecule has 0 nitrogen and oxygen atoms in total. The molecule has 0 N–H and O–H groups in total. The monoisotopic (exact) mass is 419 g/mol. The SMILES string of the molecule is CC1(C)Cc2cc3c(cc2C1)[C](C(C)(C)C)C=C3.[Hf]. The summed E-state index contributed by atoms with van der Waals surface area (Å²) in [6, 6.07) is 4.88. The molecule has 0 bridgehead atoms. The molecular formula is C18H23Hf. The zero-order chi connectivity index (χ0) is 13.1. The van der Waals surface area contributed by atoms with Crippen molar-refractivity contribution >= 4 is 6.08 Å². The van der Waals surface area contributed by atoms with Gasteiger partial charge < -0.3 is 0 Å². The largest absolute Gasteiger partial charge is 0.0716 e. The van der Waals surface area contributed by atoms with Crippen molar-refractivity contribution in [2.45, 2.75) is 47.5 Å². The second-order valence-corrected chi connectivity index (χ2v) is 7.72. The van der Waals surface area contributed by atoms with Gasteiger partial charge in [-0.1, -0.05) is 58.9 Å². The molecule has 0 saturated carbocycles. The Bertz CT molecular complexity index is 529. The van der Waals surface area contributed by atoms with Crippen LogP contribution >= 0.6 is 0 Å². The molecule has 0 unspecified atom stereocenters. The molecule has 3 rings (SSSR count). The third kappa shape index (κ3) is 2.68. The van der Waals surface area contributed by atoms with Gasteiger partial charge in [0.15, 0.2) is 0 Å². The third-order valence-electron chi connectivity index (χ3n) is 4.24. The van der Waals surface area contributed by atoms with E-state index in [1.165, 1.54) is 29.9 Å². The topological polar surface area (TPSA) is 0 Å². The van der Waals surface area contributed by atoms with Gasteiger partial charge in [0.05, 0.1) is 0 Å². The first-order valence-corrected chi connectivity index (χ1v) is 6.98. The van der Waals surface area contributed by atoms with E-state index in [1.54, 1.807) is 11.1 Å². The summed E-state index contributed by atoms with van der Waals surface area (Å²) in [5.41, 5.74) is 6.73. The summed E-state index contributed by atoms with van der Waals surface area (Å²) >= 11 is 0. The zero-order valence-corrected chi connectivity index (χ0v) is 16.3. The Morgan fingerprint density at radius 3 is 2.11 bits per heavy atom. The number of allylic oxidation sites excluding steroid dienone is 1. The molecule has 19 heavy (non-hydrogen) atoms. The number of rotatable bonds is 0. The normalized spacial score (nSPS) is 20.1. The van der Waals surface area contributed by atoms with Gasteiger partial charge in [-0.2, -0.15) is 0 Å². The first-order valence-electron chi connectivity index (χ1n) is 6.98. The second kappa shape index (κ2) is 4.69. The predicted octanol–water partition coefficient (Wildman–Crippen LogP) is 4.80. The smallest absolute Gasteiger partial charge is 0.0326 e. The number of fused-ring (bicyclic) bond motifs is 2.